The third-order valence-electron chi connectivity index (χ3n) is 5.62. The summed E-state index contributed by atoms with van der Waals surface area (Å²) in [7, 11) is -4.71. The summed E-state index contributed by atoms with van der Waals surface area (Å²) < 4.78 is 11.8. The minimum Gasteiger partial charge on any atom is -0.807 e. The van der Waals surface area contributed by atoms with Gasteiger partial charge in [0.15, 0.2) is 0 Å². The molecule has 0 bridgehead atoms. The first-order valence-corrected chi connectivity index (χ1v) is 13.2. The maximum atomic E-state index is 11.8. The summed E-state index contributed by atoms with van der Waals surface area (Å²) in [6.07, 6.45) is 18.6. The molecular weight excluding hydrogens is 367 g/mol. The Morgan fingerprint density at radius 1 is 0.679 bits per heavy atom. The van der Waals surface area contributed by atoms with Crippen LogP contribution in [-0.4, -0.2) is 0 Å². The highest BCUT2D eigenvalue weighted by Crippen LogP contribution is 2.28. The lowest BCUT2D eigenvalue weighted by Gasteiger charge is -2.33. The van der Waals surface area contributed by atoms with Gasteiger partial charge in [-0.3, -0.25) is 0 Å². The topological polar surface area (TPSA) is 63.2 Å². The molecule has 0 aliphatic heterocycles. The van der Waals surface area contributed by atoms with Gasteiger partial charge in [-0.05, 0) is 49.7 Å². The van der Waals surface area contributed by atoms with E-state index in [0.29, 0.717) is 6.42 Å². The first kappa shape index (κ1) is 25.4. The lowest BCUT2D eigenvalue weighted by molar-refractivity contribution is -0.308. The highest BCUT2D eigenvalue weighted by Gasteiger charge is 2.11. The van der Waals surface area contributed by atoms with Crippen molar-refractivity contribution in [1.29, 1.82) is 0 Å². The van der Waals surface area contributed by atoms with E-state index >= 15 is 0 Å². The minimum atomic E-state index is -4.71. The predicted molar refractivity (Wildman–Crippen MR) is 117 cm³/mol. The molecule has 1 rings (SSSR count). The average molecular weight is 409 g/mol. The number of rotatable bonds is 17. The summed E-state index contributed by atoms with van der Waals surface area (Å²) >= 11 is 0. The van der Waals surface area contributed by atoms with Gasteiger partial charge < -0.3 is 14.4 Å². The van der Waals surface area contributed by atoms with Gasteiger partial charge in [0.2, 0.25) is 0 Å². The molecule has 1 aromatic rings. The fraction of sp³-hybridized carbons (Fsp3) is 0.750. The van der Waals surface area contributed by atoms with Crippen molar-refractivity contribution < 1.29 is 14.4 Å². The maximum absolute atomic E-state index is 11.8. The van der Waals surface area contributed by atoms with Crippen LogP contribution in [0.15, 0.2) is 18.2 Å². The van der Waals surface area contributed by atoms with Crippen molar-refractivity contribution in [2.45, 2.75) is 117 Å². The standard InChI is InChI=1S/C24H43O3P/c1-3-5-7-9-11-13-15-18-22-19-17-21-24(28(25,26)27)23(22)20-16-14-12-10-8-6-4-2/h17,19,21H,3-16,18,20H2,1-2H3,(H2,25,26,27)/p-2. The number of hydrogen-bond acceptors (Lipinski definition) is 3. The summed E-state index contributed by atoms with van der Waals surface area (Å²) in [5.74, 6) is 0. The summed E-state index contributed by atoms with van der Waals surface area (Å²) in [6, 6.07) is 5.26. The molecule has 0 amide bonds. The first-order chi connectivity index (χ1) is 13.5. The van der Waals surface area contributed by atoms with E-state index in [1.807, 2.05) is 6.07 Å². The fourth-order valence-electron chi connectivity index (χ4n) is 3.93. The van der Waals surface area contributed by atoms with Gasteiger partial charge >= 0.3 is 0 Å². The van der Waals surface area contributed by atoms with E-state index in [0.717, 1.165) is 36.8 Å². The van der Waals surface area contributed by atoms with Gasteiger partial charge in [-0.15, -0.1) is 0 Å². The molecule has 0 atom stereocenters. The molecule has 3 nitrogen and oxygen atoms in total. The van der Waals surface area contributed by atoms with Gasteiger partial charge in [0.25, 0.3) is 0 Å². The van der Waals surface area contributed by atoms with Crippen molar-refractivity contribution in [3.05, 3.63) is 29.3 Å². The highest BCUT2D eigenvalue weighted by atomic mass is 31.2. The minimum absolute atomic E-state index is 0.0407. The average Bonchev–Trinajstić information content (AvgIpc) is 2.66. The van der Waals surface area contributed by atoms with E-state index in [2.05, 4.69) is 13.8 Å². The molecule has 0 N–H and O–H groups in total. The van der Waals surface area contributed by atoms with Crippen LogP contribution in [0, 0.1) is 0 Å². The van der Waals surface area contributed by atoms with Gasteiger partial charge in [0.1, 0.15) is 0 Å². The van der Waals surface area contributed by atoms with Gasteiger partial charge in [-0.25, -0.2) is 0 Å². The van der Waals surface area contributed by atoms with Crippen molar-refractivity contribution in [2.75, 3.05) is 0 Å². The van der Waals surface area contributed by atoms with Crippen molar-refractivity contribution in [3.8, 4) is 0 Å². The molecule has 0 spiro atoms. The van der Waals surface area contributed by atoms with E-state index in [9.17, 15) is 14.4 Å². The van der Waals surface area contributed by atoms with Crippen LogP contribution in [0.1, 0.15) is 115 Å². The van der Waals surface area contributed by atoms with Crippen LogP contribution in [0.25, 0.3) is 0 Å². The predicted octanol–water partition coefficient (Wildman–Crippen LogP) is 5.81. The Bertz CT molecular complexity index is 565. The molecule has 0 heterocycles. The van der Waals surface area contributed by atoms with E-state index in [-0.39, 0.29) is 5.30 Å². The molecule has 1 aromatic carbocycles. The van der Waals surface area contributed by atoms with Gasteiger partial charge in [0.05, 0.1) is 0 Å². The quantitative estimate of drug-likeness (QED) is 0.241. The lowest BCUT2D eigenvalue weighted by Crippen LogP contribution is -2.28. The molecule has 0 aromatic heterocycles. The van der Waals surface area contributed by atoms with E-state index < -0.39 is 7.60 Å². The number of hydrogen-bond donors (Lipinski definition) is 0. The second kappa shape index (κ2) is 15.2. The third-order valence-corrected chi connectivity index (χ3v) is 6.63. The zero-order valence-electron chi connectivity index (χ0n) is 18.2. The van der Waals surface area contributed by atoms with E-state index in [4.69, 9.17) is 0 Å². The Kier molecular flexibility index (Phi) is 13.8. The molecule has 0 saturated heterocycles. The molecule has 28 heavy (non-hydrogen) atoms. The van der Waals surface area contributed by atoms with Crippen LogP contribution in [0.4, 0.5) is 0 Å². The molecule has 0 aliphatic rings. The van der Waals surface area contributed by atoms with Crippen LogP contribution in [-0.2, 0) is 17.4 Å². The molecule has 0 radical (unpaired) electrons. The summed E-state index contributed by atoms with van der Waals surface area (Å²) in [4.78, 5) is 23.5. The van der Waals surface area contributed by atoms with Crippen LogP contribution in [0.5, 0.6) is 0 Å². The molecule has 0 fully saturated rings. The van der Waals surface area contributed by atoms with Crippen LogP contribution < -0.4 is 15.1 Å². The molecule has 0 unspecified atom stereocenters. The van der Waals surface area contributed by atoms with Gasteiger partial charge in [-0.1, -0.05) is 109 Å². The Labute approximate surface area is 173 Å². The second-order valence-corrected chi connectivity index (χ2v) is 9.63. The molecular formula is C24H41O3P-2. The molecule has 162 valence electrons. The van der Waals surface area contributed by atoms with Crippen molar-refractivity contribution in [1.82, 2.24) is 0 Å². The van der Waals surface area contributed by atoms with Gasteiger partial charge in [0, 0.05) is 0 Å². The molecule has 0 saturated carbocycles. The summed E-state index contributed by atoms with van der Waals surface area (Å²) in [5.41, 5.74) is 1.87. The van der Waals surface area contributed by atoms with Crippen LogP contribution >= 0.6 is 7.60 Å². The number of unbranched alkanes of at least 4 members (excludes halogenated alkanes) is 12. The zero-order valence-corrected chi connectivity index (χ0v) is 19.1. The third kappa shape index (κ3) is 10.8. The fourth-order valence-corrected chi connectivity index (χ4v) is 4.79. The van der Waals surface area contributed by atoms with E-state index in [1.165, 1.54) is 76.7 Å². The smallest absolute Gasteiger partial charge is 0.0122 e. The largest absolute Gasteiger partial charge is 0.807 e. The Hall–Kier alpha value is -0.630. The Balaban J connectivity index is 2.56. The number of aryl methyl sites for hydroxylation is 1. The van der Waals surface area contributed by atoms with Crippen molar-refractivity contribution >= 4 is 12.9 Å². The monoisotopic (exact) mass is 408 g/mol. The summed E-state index contributed by atoms with van der Waals surface area (Å²) in [5, 5.41) is 0.0407. The number of benzene rings is 1. The van der Waals surface area contributed by atoms with Gasteiger partial charge in [-0.2, -0.15) is 0 Å². The lowest BCUT2D eigenvalue weighted by atomic mass is 9.96. The normalized spacial score (nSPS) is 11.9. The van der Waals surface area contributed by atoms with Crippen molar-refractivity contribution in [3.63, 3.8) is 0 Å². The van der Waals surface area contributed by atoms with E-state index in [1.54, 1.807) is 6.07 Å². The van der Waals surface area contributed by atoms with Crippen LogP contribution in [0.3, 0.4) is 0 Å². The SMILES string of the molecule is CCCCCCCCCc1cccc(P(=O)([O-])[O-])c1CCCCCCCCC. The summed E-state index contributed by atoms with van der Waals surface area (Å²) in [6.45, 7) is 4.44. The zero-order chi connectivity index (χ0) is 20.7. The highest BCUT2D eigenvalue weighted by molar-refractivity contribution is 7.57. The molecule has 0 aliphatic carbocycles. The Morgan fingerprint density at radius 3 is 1.64 bits per heavy atom. The first-order valence-electron chi connectivity index (χ1n) is 11.6. The second-order valence-electron chi connectivity index (χ2n) is 8.15. The molecule has 4 heteroatoms. The Morgan fingerprint density at radius 2 is 1.14 bits per heavy atom. The maximum Gasteiger partial charge on any atom is -0.0122 e. The van der Waals surface area contributed by atoms with Crippen molar-refractivity contribution in [2.24, 2.45) is 0 Å². The van der Waals surface area contributed by atoms with Crippen LogP contribution in [0.2, 0.25) is 0 Å².